The molecule has 2 rings (SSSR count). The van der Waals surface area contributed by atoms with E-state index in [9.17, 15) is 4.79 Å². The lowest BCUT2D eigenvalue weighted by Gasteiger charge is -2.28. The summed E-state index contributed by atoms with van der Waals surface area (Å²) in [5.74, 6) is -0.743. The third kappa shape index (κ3) is 3.84. The van der Waals surface area contributed by atoms with Gasteiger partial charge in [-0.25, -0.2) is 0 Å². The van der Waals surface area contributed by atoms with E-state index in [0.29, 0.717) is 6.04 Å². The van der Waals surface area contributed by atoms with Gasteiger partial charge in [0.05, 0.1) is 6.42 Å². The van der Waals surface area contributed by atoms with Crippen molar-refractivity contribution < 1.29 is 9.90 Å². The SMILES string of the molecule is O=C(O)C[C@H](NC1CCCCC1)c1ccccc1. The Morgan fingerprint density at radius 3 is 2.50 bits per heavy atom. The largest absolute Gasteiger partial charge is 0.481 e. The van der Waals surface area contributed by atoms with Gasteiger partial charge < -0.3 is 10.4 Å². The van der Waals surface area contributed by atoms with Crippen LogP contribution in [-0.4, -0.2) is 17.1 Å². The van der Waals surface area contributed by atoms with E-state index in [2.05, 4.69) is 5.32 Å². The molecule has 0 unspecified atom stereocenters. The first kappa shape index (κ1) is 13.1. The van der Waals surface area contributed by atoms with Crippen LogP contribution >= 0.6 is 0 Å². The maximum atomic E-state index is 11.0. The Labute approximate surface area is 108 Å². The van der Waals surface area contributed by atoms with Crippen molar-refractivity contribution in [2.75, 3.05) is 0 Å². The fraction of sp³-hybridized carbons (Fsp3) is 0.533. The van der Waals surface area contributed by atoms with Gasteiger partial charge in [-0.2, -0.15) is 0 Å². The lowest BCUT2D eigenvalue weighted by molar-refractivity contribution is -0.137. The topological polar surface area (TPSA) is 49.3 Å². The highest BCUT2D eigenvalue weighted by atomic mass is 16.4. The van der Waals surface area contributed by atoms with Gasteiger partial charge in [0.25, 0.3) is 0 Å². The average molecular weight is 247 g/mol. The van der Waals surface area contributed by atoms with Crippen molar-refractivity contribution in [1.29, 1.82) is 0 Å². The summed E-state index contributed by atoms with van der Waals surface area (Å²) in [6.45, 7) is 0. The second-order valence-electron chi connectivity index (χ2n) is 5.06. The highest BCUT2D eigenvalue weighted by Gasteiger charge is 2.20. The number of aliphatic carboxylic acids is 1. The molecular weight excluding hydrogens is 226 g/mol. The molecule has 3 nitrogen and oxygen atoms in total. The van der Waals surface area contributed by atoms with Gasteiger partial charge in [-0.05, 0) is 18.4 Å². The zero-order valence-electron chi connectivity index (χ0n) is 10.6. The molecule has 1 aromatic rings. The van der Waals surface area contributed by atoms with Crippen molar-refractivity contribution in [1.82, 2.24) is 5.32 Å². The van der Waals surface area contributed by atoms with Crippen molar-refractivity contribution in [2.45, 2.75) is 50.6 Å². The molecule has 0 aromatic heterocycles. The Bertz CT molecular complexity index is 371. The molecule has 0 heterocycles. The van der Waals surface area contributed by atoms with E-state index in [1.54, 1.807) is 0 Å². The molecule has 1 aliphatic carbocycles. The normalized spacial score (nSPS) is 18.4. The van der Waals surface area contributed by atoms with Crippen molar-refractivity contribution in [3.8, 4) is 0 Å². The summed E-state index contributed by atoms with van der Waals surface area (Å²) in [6.07, 6.45) is 6.32. The van der Waals surface area contributed by atoms with Gasteiger partial charge in [-0.3, -0.25) is 4.79 Å². The Hall–Kier alpha value is -1.35. The van der Waals surface area contributed by atoms with Gasteiger partial charge in [0.15, 0.2) is 0 Å². The fourth-order valence-electron chi connectivity index (χ4n) is 2.69. The van der Waals surface area contributed by atoms with Gasteiger partial charge in [-0.1, -0.05) is 49.6 Å². The van der Waals surface area contributed by atoms with Crippen LogP contribution in [-0.2, 0) is 4.79 Å². The number of rotatable bonds is 5. The molecule has 1 saturated carbocycles. The maximum absolute atomic E-state index is 11.0. The quantitative estimate of drug-likeness (QED) is 0.840. The number of carboxylic acids is 1. The number of hydrogen-bond acceptors (Lipinski definition) is 2. The summed E-state index contributed by atoms with van der Waals surface area (Å²) in [5, 5.41) is 12.6. The van der Waals surface area contributed by atoms with Crippen LogP contribution in [0.15, 0.2) is 30.3 Å². The number of carbonyl (C=O) groups is 1. The first-order chi connectivity index (χ1) is 8.75. The summed E-state index contributed by atoms with van der Waals surface area (Å²) in [5.41, 5.74) is 1.07. The lowest BCUT2D eigenvalue weighted by Crippen LogP contribution is -2.35. The number of benzene rings is 1. The van der Waals surface area contributed by atoms with Crippen LogP contribution in [0.2, 0.25) is 0 Å². The van der Waals surface area contributed by atoms with Gasteiger partial charge in [0.1, 0.15) is 0 Å². The van der Waals surface area contributed by atoms with Gasteiger partial charge in [0.2, 0.25) is 0 Å². The minimum Gasteiger partial charge on any atom is -0.481 e. The van der Waals surface area contributed by atoms with E-state index in [1.807, 2.05) is 30.3 Å². The first-order valence-electron chi connectivity index (χ1n) is 6.78. The predicted molar refractivity (Wildman–Crippen MR) is 71.4 cm³/mol. The molecule has 0 bridgehead atoms. The Balaban J connectivity index is 2.02. The summed E-state index contributed by atoms with van der Waals surface area (Å²) >= 11 is 0. The second-order valence-corrected chi connectivity index (χ2v) is 5.06. The van der Waals surface area contributed by atoms with Crippen LogP contribution < -0.4 is 5.32 Å². The molecule has 2 N–H and O–H groups in total. The average Bonchev–Trinajstić information content (AvgIpc) is 2.40. The van der Waals surface area contributed by atoms with Gasteiger partial charge in [0, 0.05) is 12.1 Å². The van der Waals surface area contributed by atoms with Crippen LogP contribution in [0.3, 0.4) is 0 Å². The summed E-state index contributed by atoms with van der Waals surface area (Å²) in [6, 6.07) is 10.3. The standard InChI is InChI=1S/C15H21NO2/c17-15(18)11-14(12-7-3-1-4-8-12)16-13-9-5-2-6-10-13/h1,3-4,7-8,13-14,16H,2,5-6,9-11H2,(H,17,18)/t14-/m0/s1. The third-order valence-corrected chi connectivity index (χ3v) is 3.62. The molecule has 1 fully saturated rings. The van der Waals surface area contributed by atoms with Crippen LogP contribution in [0.4, 0.5) is 0 Å². The van der Waals surface area contributed by atoms with E-state index in [0.717, 1.165) is 5.56 Å². The third-order valence-electron chi connectivity index (χ3n) is 3.62. The number of hydrogen-bond donors (Lipinski definition) is 2. The van der Waals surface area contributed by atoms with E-state index in [-0.39, 0.29) is 12.5 Å². The summed E-state index contributed by atoms with van der Waals surface area (Å²) in [4.78, 5) is 11.0. The molecule has 1 aromatic carbocycles. The lowest BCUT2D eigenvalue weighted by atomic mass is 9.93. The minimum atomic E-state index is -0.743. The molecule has 98 valence electrons. The molecule has 3 heteroatoms. The predicted octanol–water partition coefficient (Wildman–Crippen LogP) is 3.12. The molecule has 0 saturated heterocycles. The zero-order valence-corrected chi connectivity index (χ0v) is 10.6. The first-order valence-corrected chi connectivity index (χ1v) is 6.78. The molecular formula is C15H21NO2. The Morgan fingerprint density at radius 2 is 1.89 bits per heavy atom. The highest BCUT2D eigenvalue weighted by Crippen LogP contribution is 2.23. The second kappa shape index (κ2) is 6.55. The molecule has 1 atom stereocenters. The molecule has 0 amide bonds. The van der Waals surface area contributed by atoms with Crippen molar-refractivity contribution in [2.24, 2.45) is 0 Å². The minimum absolute atomic E-state index is 0.0631. The Morgan fingerprint density at radius 1 is 1.22 bits per heavy atom. The van der Waals surface area contributed by atoms with Crippen LogP contribution in [0.1, 0.15) is 50.1 Å². The van der Waals surface area contributed by atoms with E-state index in [1.165, 1.54) is 32.1 Å². The highest BCUT2D eigenvalue weighted by molar-refractivity contribution is 5.67. The molecule has 0 aliphatic heterocycles. The fourth-order valence-corrected chi connectivity index (χ4v) is 2.69. The molecule has 0 radical (unpaired) electrons. The van der Waals surface area contributed by atoms with E-state index in [4.69, 9.17) is 5.11 Å². The van der Waals surface area contributed by atoms with Gasteiger partial charge >= 0.3 is 5.97 Å². The van der Waals surface area contributed by atoms with Gasteiger partial charge in [-0.15, -0.1) is 0 Å². The van der Waals surface area contributed by atoms with E-state index >= 15 is 0 Å². The monoisotopic (exact) mass is 247 g/mol. The van der Waals surface area contributed by atoms with Crippen LogP contribution in [0, 0.1) is 0 Å². The number of nitrogens with one attached hydrogen (secondary N) is 1. The molecule has 1 aliphatic rings. The zero-order chi connectivity index (χ0) is 12.8. The smallest absolute Gasteiger partial charge is 0.305 e. The van der Waals surface area contributed by atoms with Crippen LogP contribution in [0.5, 0.6) is 0 Å². The summed E-state index contributed by atoms with van der Waals surface area (Å²) in [7, 11) is 0. The van der Waals surface area contributed by atoms with Crippen molar-refractivity contribution >= 4 is 5.97 Å². The van der Waals surface area contributed by atoms with E-state index < -0.39 is 5.97 Å². The van der Waals surface area contributed by atoms with Crippen LogP contribution in [0.25, 0.3) is 0 Å². The number of carboxylic acid groups (broad SMARTS) is 1. The maximum Gasteiger partial charge on any atom is 0.305 e. The molecule has 18 heavy (non-hydrogen) atoms. The summed E-state index contributed by atoms with van der Waals surface area (Å²) < 4.78 is 0. The Kier molecular flexibility index (Phi) is 4.76. The molecule has 0 spiro atoms. The van der Waals surface area contributed by atoms with Crippen molar-refractivity contribution in [3.05, 3.63) is 35.9 Å². The van der Waals surface area contributed by atoms with Crippen molar-refractivity contribution in [3.63, 3.8) is 0 Å².